The van der Waals surface area contributed by atoms with Crippen LogP contribution in [0.5, 0.6) is 0 Å². The molecule has 3 nitrogen and oxygen atoms in total. The smallest absolute Gasteiger partial charge is 0.140 e. The van der Waals surface area contributed by atoms with Crippen LogP contribution in [0.15, 0.2) is 16.7 Å². The first kappa shape index (κ1) is 12.5. The SMILES string of the molecule is CCOCCCNc1nccc(C)c1Br. The molecule has 0 saturated heterocycles. The van der Waals surface area contributed by atoms with Crippen molar-refractivity contribution in [2.75, 3.05) is 25.1 Å². The number of anilines is 1. The van der Waals surface area contributed by atoms with Gasteiger partial charge >= 0.3 is 0 Å². The quantitative estimate of drug-likeness (QED) is 0.809. The number of hydrogen-bond acceptors (Lipinski definition) is 3. The van der Waals surface area contributed by atoms with Gasteiger partial charge in [0.05, 0.1) is 4.47 Å². The standard InChI is InChI=1S/C11H17BrN2O/c1-3-15-8-4-6-13-11-10(12)9(2)5-7-14-11/h5,7H,3-4,6,8H2,1-2H3,(H,13,14). The third-order valence-electron chi connectivity index (χ3n) is 2.04. The summed E-state index contributed by atoms with van der Waals surface area (Å²) in [5.74, 6) is 0.909. The first-order chi connectivity index (χ1) is 7.25. The zero-order valence-electron chi connectivity index (χ0n) is 9.22. The zero-order chi connectivity index (χ0) is 11.1. The molecule has 0 aliphatic heterocycles. The zero-order valence-corrected chi connectivity index (χ0v) is 10.8. The van der Waals surface area contributed by atoms with E-state index in [9.17, 15) is 0 Å². The Morgan fingerprint density at radius 1 is 1.53 bits per heavy atom. The van der Waals surface area contributed by atoms with Gasteiger partial charge in [0.15, 0.2) is 0 Å². The third kappa shape index (κ3) is 4.18. The van der Waals surface area contributed by atoms with E-state index in [4.69, 9.17) is 4.74 Å². The molecule has 1 rings (SSSR count). The van der Waals surface area contributed by atoms with Gasteiger partial charge in [0.2, 0.25) is 0 Å². The molecule has 1 N–H and O–H groups in total. The lowest BCUT2D eigenvalue weighted by Gasteiger charge is -2.08. The normalized spacial score (nSPS) is 10.3. The van der Waals surface area contributed by atoms with E-state index < -0.39 is 0 Å². The molecule has 0 fully saturated rings. The van der Waals surface area contributed by atoms with Crippen molar-refractivity contribution in [1.82, 2.24) is 4.98 Å². The van der Waals surface area contributed by atoms with E-state index in [0.29, 0.717) is 0 Å². The second-order valence-electron chi connectivity index (χ2n) is 3.27. The van der Waals surface area contributed by atoms with Crippen LogP contribution in [0.3, 0.4) is 0 Å². The predicted molar refractivity (Wildman–Crippen MR) is 66.3 cm³/mol. The van der Waals surface area contributed by atoms with Crippen LogP contribution in [0.25, 0.3) is 0 Å². The van der Waals surface area contributed by atoms with E-state index in [2.05, 4.69) is 33.2 Å². The molecule has 0 amide bonds. The van der Waals surface area contributed by atoms with Gasteiger partial charge in [-0.25, -0.2) is 4.98 Å². The summed E-state index contributed by atoms with van der Waals surface area (Å²) < 4.78 is 6.30. The molecule has 15 heavy (non-hydrogen) atoms. The number of rotatable bonds is 6. The Bertz CT molecular complexity index is 305. The number of nitrogens with one attached hydrogen (secondary N) is 1. The van der Waals surface area contributed by atoms with Gasteiger partial charge in [-0.3, -0.25) is 0 Å². The van der Waals surface area contributed by atoms with Gasteiger partial charge in [-0.2, -0.15) is 0 Å². The lowest BCUT2D eigenvalue weighted by Crippen LogP contribution is -2.07. The topological polar surface area (TPSA) is 34.1 Å². The maximum Gasteiger partial charge on any atom is 0.140 e. The first-order valence-corrected chi connectivity index (χ1v) is 5.97. The Kier molecular flexibility index (Phi) is 5.65. The molecule has 1 aromatic rings. The summed E-state index contributed by atoms with van der Waals surface area (Å²) in [6.07, 6.45) is 2.81. The number of pyridine rings is 1. The maximum atomic E-state index is 5.25. The van der Waals surface area contributed by atoms with Crippen molar-refractivity contribution in [2.45, 2.75) is 20.3 Å². The molecule has 0 bridgehead atoms. The lowest BCUT2D eigenvalue weighted by molar-refractivity contribution is 0.147. The number of nitrogens with zero attached hydrogens (tertiary/aromatic N) is 1. The van der Waals surface area contributed by atoms with E-state index >= 15 is 0 Å². The van der Waals surface area contributed by atoms with E-state index in [1.165, 1.54) is 5.56 Å². The molecular weight excluding hydrogens is 256 g/mol. The average Bonchev–Trinajstić information content (AvgIpc) is 2.24. The van der Waals surface area contributed by atoms with Gasteiger partial charge in [0.25, 0.3) is 0 Å². The van der Waals surface area contributed by atoms with Crippen molar-refractivity contribution in [3.63, 3.8) is 0 Å². The fourth-order valence-corrected chi connectivity index (χ4v) is 1.56. The average molecular weight is 273 g/mol. The Hall–Kier alpha value is -0.610. The molecule has 0 radical (unpaired) electrons. The number of hydrogen-bond donors (Lipinski definition) is 1. The van der Waals surface area contributed by atoms with Crippen LogP contribution < -0.4 is 5.32 Å². The Labute approximate surface area is 99.4 Å². The van der Waals surface area contributed by atoms with Crippen LogP contribution in [-0.2, 0) is 4.74 Å². The molecule has 0 aromatic carbocycles. The van der Waals surface area contributed by atoms with Gasteiger partial charge in [-0.15, -0.1) is 0 Å². The number of aromatic nitrogens is 1. The highest BCUT2D eigenvalue weighted by Gasteiger charge is 2.02. The maximum absolute atomic E-state index is 5.25. The molecule has 4 heteroatoms. The highest BCUT2D eigenvalue weighted by atomic mass is 79.9. The van der Waals surface area contributed by atoms with Crippen LogP contribution in [0.1, 0.15) is 18.9 Å². The molecule has 0 atom stereocenters. The first-order valence-electron chi connectivity index (χ1n) is 5.18. The van der Waals surface area contributed by atoms with Gasteiger partial charge in [-0.05, 0) is 47.8 Å². The van der Waals surface area contributed by atoms with E-state index in [-0.39, 0.29) is 0 Å². The third-order valence-corrected chi connectivity index (χ3v) is 3.05. The minimum Gasteiger partial charge on any atom is -0.382 e. The second kappa shape index (κ2) is 6.80. The number of halogens is 1. The molecule has 84 valence electrons. The van der Waals surface area contributed by atoms with Crippen molar-refractivity contribution >= 4 is 21.7 Å². The summed E-state index contributed by atoms with van der Waals surface area (Å²) in [7, 11) is 0. The summed E-state index contributed by atoms with van der Waals surface area (Å²) in [6, 6.07) is 1.98. The van der Waals surface area contributed by atoms with Crippen molar-refractivity contribution < 1.29 is 4.74 Å². The van der Waals surface area contributed by atoms with Crippen LogP contribution in [0.2, 0.25) is 0 Å². The molecule has 0 unspecified atom stereocenters. The van der Waals surface area contributed by atoms with E-state index in [0.717, 1.165) is 36.5 Å². The van der Waals surface area contributed by atoms with Crippen molar-refractivity contribution in [1.29, 1.82) is 0 Å². The predicted octanol–water partition coefficient (Wildman–Crippen LogP) is 2.99. The van der Waals surface area contributed by atoms with Crippen molar-refractivity contribution in [2.24, 2.45) is 0 Å². The van der Waals surface area contributed by atoms with Crippen LogP contribution >= 0.6 is 15.9 Å². The van der Waals surface area contributed by atoms with Crippen LogP contribution in [0.4, 0.5) is 5.82 Å². The highest BCUT2D eigenvalue weighted by Crippen LogP contribution is 2.22. The second-order valence-corrected chi connectivity index (χ2v) is 4.06. The molecule has 0 aliphatic rings. The lowest BCUT2D eigenvalue weighted by atomic mass is 10.3. The van der Waals surface area contributed by atoms with E-state index in [1.807, 2.05) is 19.2 Å². The monoisotopic (exact) mass is 272 g/mol. The molecule has 0 spiro atoms. The molecule has 0 aliphatic carbocycles. The summed E-state index contributed by atoms with van der Waals surface area (Å²) in [4.78, 5) is 4.26. The Morgan fingerprint density at radius 2 is 2.33 bits per heavy atom. The Morgan fingerprint density at radius 3 is 3.07 bits per heavy atom. The fourth-order valence-electron chi connectivity index (χ4n) is 1.19. The summed E-state index contributed by atoms with van der Waals surface area (Å²) in [5, 5.41) is 3.27. The van der Waals surface area contributed by atoms with Crippen molar-refractivity contribution in [3.05, 3.63) is 22.3 Å². The molecule has 0 saturated carbocycles. The fraction of sp³-hybridized carbons (Fsp3) is 0.545. The van der Waals surface area contributed by atoms with Gasteiger partial charge < -0.3 is 10.1 Å². The highest BCUT2D eigenvalue weighted by molar-refractivity contribution is 9.10. The largest absolute Gasteiger partial charge is 0.382 e. The summed E-state index contributed by atoms with van der Waals surface area (Å²) in [5.41, 5.74) is 1.19. The van der Waals surface area contributed by atoms with Gasteiger partial charge in [0, 0.05) is 26.0 Å². The Balaban J connectivity index is 2.34. The van der Waals surface area contributed by atoms with Gasteiger partial charge in [-0.1, -0.05) is 0 Å². The molecular formula is C11H17BrN2O. The number of ether oxygens (including phenoxy) is 1. The minimum absolute atomic E-state index is 0.784. The van der Waals surface area contributed by atoms with Gasteiger partial charge in [0.1, 0.15) is 5.82 Å². The van der Waals surface area contributed by atoms with Crippen molar-refractivity contribution in [3.8, 4) is 0 Å². The molecule has 1 aromatic heterocycles. The minimum atomic E-state index is 0.784. The van der Waals surface area contributed by atoms with Crippen LogP contribution in [-0.4, -0.2) is 24.7 Å². The molecule has 1 heterocycles. The summed E-state index contributed by atoms with van der Waals surface area (Å²) >= 11 is 3.51. The number of aryl methyl sites for hydroxylation is 1. The van der Waals surface area contributed by atoms with Crippen LogP contribution in [0, 0.1) is 6.92 Å². The van der Waals surface area contributed by atoms with E-state index in [1.54, 1.807) is 0 Å². The summed E-state index contributed by atoms with van der Waals surface area (Å²) in [6.45, 7) is 6.53.